The normalized spacial score (nSPS) is 22.7. The lowest BCUT2D eigenvalue weighted by Gasteiger charge is -2.30. The van der Waals surface area contributed by atoms with Gasteiger partial charge in [0.05, 0.1) is 11.8 Å². The van der Waals surface area contributed by atoms with Crippen LogP contribution in [0.15, 0.2) is 48.0 Å². The van der Waals surface area contributed by atoms with Gasteiger partial charge in [-0.15, -0.1) is 10.2 Å². The highest BCUT2D eigenvalue weighted by atomic mass is 32.2. The minimum Gasteiger partial charge on any atom is -0.367 e. The number of benzene rings is 1. The summed E-state index contributed by atoms with van der Waals surface area (Å²) in [5, 5.41) is 9.41. The van der Waals surface area contributed by atoms with Crippen LogP contribution in [0, 0.1) is 5.41 Å². The number of hydrogen-bond donors (Lipinski definition) is 0. The summed E-state index contributed by atoms with van der Waals surface area (Å²) in [6.07, 6.45) is 2.71. The maximum absolute atomic E-state index is 12.9. The molecule has 2 aromatic heterocycles. The van der Waals surface area contributed by atoms with Crippen molar-refractivity contribution in [2.45, 2.75) is 37.1 Å². The number of halogens is 3. The maximum Gasteiger partial charge on any atom is 0.416 e. The van der Waals surface area contributed by atoms with Crippen LogP contribution in [-0.4, -0.2) is 67.6 Å². The van der Waals surface area contributed by atoms with Crippen LogP contribution in [0.1, 0.15) is 25.3 Å². The Kier molecular flexibility index (Phi) is 6.47. The Morgan fingerprint density at radius 1 is 1.14 bits per heavy atom. The van der Waals surface area contributed by atoms with Gasteiger partial charge in [-0.25, -0.2) is 4.98 Å². The Morgan fingerprint density at radius 3 is 2.66 bits per heavy atom. The first-order chi connectivity index (χ1) is 16.7. The molecule has 11 heteroatoms. The Balaban J connectivity index is 1.14. The van der Waals surface area contributed by atoms with Gasteiger partial charge in [0.25, 0.3) is 0 Å². The summed E-state index contributed by atoms with van der Waals surface area (Å²) in [6, 6.07) is 5.93. The van der Waals surface area contributed by atoms with E-state index in [0.29, 0.717) is 17.6 Å². The molecule has 35 heavy (non-hydrogen) atoms. The molecular formula is C24H28F3N7S. The summed E-state index contributed by atoms with van der Waals surface area (Å²) in [6.45, 7) is 6.12. The number of thioether (sulfide) groups is 1. The second kappa shape index (κ2) is 9.42. The lowest BCUT2D eigenvalue weighted by Crippen LogP contribution is -2.37. The summed E-state index contributed by atoms with van der Waals surface area (Å²) >= 11 is 1.68. The Hall–Kier alpha value is -2.66. The van der Waals surface area contributed by atoms with Crippen molar-refractivity contribution in [2.75, 3.05) is 36.8 Å². The number of fused-ring (bicyclic) bond motifs is 1. The van der Waals surface area contributed by atoms with Gasteiger partial charge in [-0.3, -0.25) is 4.98 Å². The lowest BCUT2D eigenvalue weighted by molar-refractivity contribution is -0.137. The van der Waals surface area contributed by atoms with Gasteiger partial charge < -0.3 is 14.4 Å². The topological polar surface area (TPSA) is 63.0 Å². The number of alkyl halides is 3. The molecule has 2 aliphatic rings. The average Bonchev–Trinajstić information content (AvgIpc) is 3.47. The van der Waals surface area contributed by atoms with Gasteiger partial charge in [-0.2, -0.15) is 13.2 Å². The second-order valence-corrected chi connectivity index (χ2v) is 10.6. The van der Waals surface area contributed by atoms with E-state index in [4.69, 9.17) is 0 Å². The summed E-state index contributed by atoms with van der Waals surface area (Å²) < 4.78 is 40.8. The van der Waals surface area contributed by atoms with Crippen LogP contribution in [0.25, 0.3) is 11.5 Å². The van der Waals surface area contributed by atoms with Crippen LogP contribution < -0.4 is 4.90 Å². The SMILES string of the molecule is Cn1c(SCCCN2C[C@@H]3N(c4ccc(C(F)(F)F)cc4)CC[C@]3(C)C2)nnc1-c1cnccn1. The molecule has 1 aromatic carbocycles. The number of hydrogen-bond acceptors (Lipinski definition) is 7. The van der Waals surface area contributed by atoms with Crippen LogP contribution in [0.5, 0.6) is 0 Å². The Bertz CT molecular complexity index is 1150. The molecule has 2 fully saturated rings. The molecule has 0 radical (unpaired) electrons. The highest BCUT2D eigenvalue weighted by Gasteiger charge is 2.50. The van der Waals surface area contributed by atoms with Gasteiger partial charge in [0.1, 0.15) is 5.69 Å². The maximum atomic E-state index is 12.9. The van der Waals surface area contributed by atoms with Crippen LogP contribution in [0.3, 0.4) is 0 Å². The summed E-state index contributed by atoms with van der Waals surface area (Å²) in [7, 11) is 1.94. The standard InChI is InChI=1S/C24H28F3N7S/c1-23-8-12-34(18-6-4-17(5-7-18)24(25,26)27)20(23)15-33(16-23)11-3-13-35-22-31-30-21(32(22)2)19-14-28-9-10-29-19/h4-7,9-10,14,20H,3,8,11-13,15-16H2,1-2H3/t20-,23+/m0/s1. The van der Waals surface area contributed by atoms with Crippen molar-refractivity contribution in [1.82, 2.24) is 29.6 Å². The molecule has 0 unspecified atom stereocenters. The summed E-state index contributed by atoms with van der Waals surface area (Å²) in [4.78, 5) is 13.2. The Morgan fingerprint density at radius 2 is 1.94 bits per heavy atom. The fourth-order valence-electron chi connectivity index (χ4n) is 5.25. The van der Waals surface area contributed by atoms with Gasteiger partial charge >= 0.3 is 6.18 Å². The minimum absolute atomic E-state index is 0.158. The van der Waals surface area contributed by atoms with E-state index in [0.717, 1.165) is 55.6 Å². The van der Waals surface area contributed by atoms with Crippen LogP contribution in [-0.2, 0) is 13.2 Å². The summed E-state index contributed by atoms with van der Waals surface area (Å²) in [5.74, 6) is 1.62. The predicted molar refractivity (Wildman–Crippen MR) is 129 cm³/mol. The van der Waals surface area contributed by atoms with E-state index in [1.807, 2.05) is 11.6 Å². The zero-order valence-electron chi connectivity index (χ0n) is 19.7. The molecule has 7 nitrogen and oxygen atoms in total. The monoisotopic (exact) mass is 503 g/mol. The molecule has 5 rings (SSSR count). The smallest absolute Gasteiger partial charge is 0.367 e. The number of likely N-dealkylation sites (tertiary alicyclic amines) is 1. The van der Waals surface area contributed by atoms with E-state index in [9.17, 15) is 13.2 Å². The summed E-state index contributed by atoms with van der Waals surface area (Å²) in [5.41, 5.74) is 1.14. The molecule has 3 aromatic rings. The lowest BCUT2D eigenvalue weighted by atomic mass is 9.85. The molecule has 0 amide bonds. The van der Waals surface area contributed by atoms with Gasteiger partial charge in [0.2, 0.25) is 0 Å². The first-order valence-corrected chi connectivity index (χ1v) is 12.7. The quantitative estimate of drug-likeness (QED) is 0.350. The molecular weight excluding hydrogens is 475 g/mol. The van der Waals surface area contributed by atoms with E-state index in [1.165, 1.54) is 12.1 Å². The van der Waals surface area contributed by atoms with Gasteiger partial charge in [0, 0.05) is 62.0 Å². The number of nitrogens with zero attached hydrogens (tertiary/aromatic N) is 7. The van der Waals surface area contributed by atoms with Gasteiger partial charge in [-0.1, -0.05) is 18.7 Å². The fourth-order valence-corrected chi connectivity index (χ4v) is 6.08. The molecule has 4 heterocycles. The van der Waals surface area contributed by atoms with Gasteiger partial charge in [0.15, 0.2) is 11.0 Å². The van der Waals surface area contributed by atoms with E-state index in [-0.39, 0.29) is 5.41 Å². The van der Waals surface area contributed by atoms with Crippen LogP contribution in [0.4, 0.5) is 18.9 Å². The highest BCUT2D eigenvalue weighted by molar-refractivity contribution is 7.99. The number of aromatic nitrogens is 5. The van der Waals surface area contributed by atoms with Crippen molar-refractivity contribution < 1.29 is 13.2 Å². The minimum atomic E-state index is -4.30. The van der Waals surface area contributed by atoms with Crippen molar-refractivity contribution in [1.29, 1.82) is 0 Å². The largest absolute Gasteiger partial charge is 0.416 e. The molecule has 0 bridgehead atoms. The van der Waals surface area contributed by atoms with E-state index in [2.05, 4.69) is 36.9 Å². The molecule has 2 aliphatic heterocycles. The average molecular weight is 504 g/mol. The second-order valence-electron chi connectivity index (χ2n) is 9.55. The first kappa shape index (κ1) is 24.1. The third kappa shape index (κ3) is 4.88. The van der Waals surface area contributed by atoms with Crippen molar-refractivity contribution in [3.63, 3.8) is 0 Å². The van der Waals surface area contributed by atoms with Crippen LogP contribution >= 0.6 is 11.8 Å². The van der Waals surface area contributed by atoms with Crippen molar-refractivity contribution in [3.05, 3.63) is 48.4 Å². The molecule has 0 saturated carbocycles. The highest BCUT2D eigenvalue weighted by Crippen LogP contribution is 2.44. The zero-order valence-corrected chi connectivity index (χ0v) is 20.6. The fraction of sp³-hybridized carbons (Fsp3) is 0.500. The first-order valence-electron chi connectivity index (χ1n) is 11.7. The molecule has 2 atom stereocenters. The number of anilines is 1. The zero-order chi connectivity index (χ0) is 24.6. The van der Waals surface area contributed by atoms with E-state index >= 15 is 0 Å². The molecule has 0 spiro atoms. The predicted octanol–water partition coefficient (Wildman–Crippen LogP) is 4.37. The van der Waals surface area contributed by atoms with Crippen LogP contribution in [0.2, 0.25) is 0 Å². The molecule has 2 saturated heterocycles. The van der Waals surface area contributed by atoms with Crippen molar-refractivity contribution in [2.24, 2.45) is 12.5 Å². The molecule has 0 aliphatic carbocycles. The van der Waals surface area contributed by atoms with E-state index < -0.39 is 11.7 Å². The molecule has 0 N–H and O–H groups in total. The molecule has 186 valence electrons. The van der Waals surface area contributed by atoms with E-state index in [1.54, 1.807) is 42.5 Å². The Labute approximate surface area is 206 Å². The third-order valence-corrected chi connectivity index (χ3v) is 8.23. The van der Waals surface area contributed by atoms with Gasteiger partial charge in [-0.05, 0) is 43.7 Å². The number of rotatable bonds is 7. The van der Waals surface area contributed by atoms with Crippen molar-refractivity contribution >= 4 is 17.4 Å². The van der Waals surface area contributed by atoms with Crippen molar-refractivity contribution in [3.8, 4) is 11.5 Å². The third-order valence-electron chi connectivity index (χ3n) is 7.12.